The summed E-state index contributed by atoms with van der Waals surface area (Å²) in [6, 6.07) is 0.171. The molecule has 23 heavy (non-hydrogen) atoms. The Bertz CT molecular complexity index is 393. The summed E-state index contributed by atoms with van der Waals surface area (Å²) in [5, 5.41) is 15.5. The summed E-state index contributed by atoms with van der Waals surface area (Å²) in [7, 11) is 0. The third-order valence-electron chi connectivity index (χ3n) is 4.26. The molecule has 1 saturated heterocycles. The van der Waals surface area contributed by atoms with Gasteiger partial charge >= 0.3 is 6.03 Å². The van der Waals surface area contributed by atoms with E-state index in [1.165, 1.54) is 5.57 Å². The largest absolute Gasteiger partial charge is 0.393 e. The Morgan fingerprint density at radius 3 is 2.48 bits per heavy atom. The van der Waals surface area contributed by atoms with Crippen molar-refractivity contribution < 1.29 is 9.90 Å². The summed E-state index contributed by atoms with van der Waals surface area (Å²) in [4.78, 5) is 14.5. The molecule has 5 heteroatoms. The van der Waals surface area contributed by atoms with E-state index in [1.54, 1.807) is 6.92 Å². The zero-order valence-corrected chi connectivity index (χ0v) is 15.5. The Kier molecular flexibility index (Phi) is 8.06. The van der Waals surface area contributed by atoms with Crippen molar-refractivity contribution in [3.8, 4) is 0 Å². The van der Waals surface area contributed by atoms with Gasteiger partial charge in [-0.1, -0.05) is 25.5 Å². The summed E-state index contributed by atoms with van der Waals surface area (Å²) < 4.78 is 0. The number of aliphatic hydroxyl groups is 1. The van der Waals surface area contributed by atoms with Gasteiger partial charge in [-0.25, -0.2) is 4.79 Å². The van der Waals surface area contributed by atoms with Crippen LogP contribution < -0.4 is 10.6 Å². The van der Waals surface area contributed by atoms with Gasteiger partial charge in [0.1, 0.15) is 0 Å². The van der Waals surface area contributed by atoms with Crippen LogP contribution in [0.1, 0.15) is 53.9 Å². The fourth-order valence-corrected chi connectivity index (χ4v) is 3.00. The van der Waals surface area contributed by atoms with Crippen LogP contribution in [0.2, 0.25) is 0 Å². The van der Waals surface area contributed by atoms with Crippen LogP contribution in [-0.4, -0.2) is 54.4 Å². The molecule has 0 aromatic carbocycles. The molecule has 0 bridgehead atoms. The second-order valence-electron chi connectivity index (χ2n) is 7.90. The predicted octanol–water partition coefficient (Wildman–Crippen LogP) is 2.51. The Labute approximate surface area is 141 Å². The quantitative estimate of drug-likeness (QED) is 0.630. The smallest absolute Gasteiger partial charge is 0.315 e. The zero-order valence-electron chi connectivity index (χ0n) is 15.5. The average Bonchev–Trinajstić information content (AvgIpc) is 2.43. The summed E-state index contributed by atoms with van der Waals surface area (Å²) in [6.45, 7) is 13.8. The van der Waals surface area contributed by atoms with Crippen molar-refractivity contribution in [1.82, 2.24) is 15.5 Å². The van der Waals surface area contributed by atoms with Gasteiger partial charge in [0.15, 0.2) is 0 Å². The van der Waals surface area contributed by atoms with Crippen molar-refractivity contribution in [2.75, 3.05) is 26.2 Å². The van der Waals surface area contributed by atoms with Gasteiger partial charge < -0.3 is 15.7 Å². The minimum atomic E-state index is -0.347. The molecule has 1 atom stereocenters. The number of nitrogens with one attached hydrogen (secondary N) is 2. The van der Waals surface area contributed by atoms with Crippen LogP contribution in [0.5, 0.6) is 0 Å². The second-order valence-corrected chi connectivity index (χ2v) is 7.90. The lowest BCUT2D eigenvalue weighted by Gasteiger charge is -2.32. The monoisotopic (exact) mass is 325 g/mol. The first-order chi connectivity index (χ1) is 10.7. The number of amides is 2. The van der Waals surface area contributed by atoms with Crippen molar-refractivity contribution in [2.24, 2.45) is 5.41 Å². The lowest BCUT2D eigenvalue weighted by molar-refractivity contribution is 0.128. The number of urea groups is 1. The minimum absolute atomic E-state index is 0.0913. The SMILES string of the molecule is CC(C)=CCN1CCC(NC(=O)NCC(C)(C)CC(C)O)CC1. The van der Waals surface area contributed by atoms with Crippen LogP contribution in [0.4, 0.5) is 4.79 Å². The highest BCUT2D eigenvalue weighted by Gasteiger charge is 2.23. The second kappa shape index (κ2) is 9.28. The fourth-order valence-electron chi connectivity index (χ4n) is 3.00. The first-order valence-electron chi connectivity index (χ1n) is 8.76. The number of piperidine rings is 1. The number of hydrogen-bond donors (Lipinski definition) is 3. The van der Waals surface area contributed by atoms with Gasteiger partial charge in [-0.15, -0.1) is 0 Å². The standard InChI is InChI=1S/C18H35N3O2/c1-14(2)6-9-21-10-7-16(8-11-21)20-17(23)19-13-18(4,5)12-15(3)22/h6,15-16,22H,7-13H2,1-5H3,(H2,19,20,23). The summed E-state index contributed by atoms with van der Waals surface area (Å²) >= 11 is 0. The normalized spacial score (nSPS) is 18.3. The van der Waals surface area contributed by atoms with Crippen LogP contribution >= 0.6 is 0 Å². The number of aliphatic hydroxyl groups excluding tert-OH is 1. The number of nitrogens with zero attached hydrogens (tertiary/aromatic N) is 1. The van der Waals surface area contributed by atoms with Gasteiger partial charge in [-0.3, -0.25) is 4.90 Å². The van der Waals surface area contributed by atoms with Crippen LogP contribution in [0.25, 0.3) is 0 Å². The predicted molar refractivity (Wildman–Crippen MR) is 95.5 cm³/mol. The molecule has 1 rings (SSSR count). The molecule has 1 aliphatic heterocycles. The van der Waals surface area contributed by atoms with Crippen LogP contribution in [-0.2, 0) is 0 Å². The third-order valence-corrected chi connectivity index (χ3v) is 4.26. The van der Waals surface area contributed by atoms with Crippen LogP contribution in [0, 0.1) is 5.41 Å². The van der Waals surface area contributed by atoms with Gasteiger partial charge in [0.25, 0.3) is 0 Å². The highest BCUT2D eigenvalue weighted by atomic mass is 16.3. The van der Waals surface area contributed by atoms with Crippen molar-refractivity contribution in [3.05, 3.63) is 11.6 Å². The molecular formula is C18H35N3O2. The van der Waals surface area contributed by atoms with Crippen LogP contribution in [0.3, 0.4) is 0 Å². The van der Waals surface area contributed by atoms with E-state index in [0.29, 0.717) is 13.0 Å². The molecule has 0 radical (unpaired) electrons. The highest BCUT2D eigenvalue weighted by molar-refractivity contribution is 5.74. The third kappa shape index (κ3) is 8.96. The molecule has 1 aliphatic rings. The van der Waals surface area contributed by atoms with Gasteiger partial charge in [0.05, 0.1) is 6.10 Å². The number of carbonyl (C=O) groups excluding carboxylic acids is 1. The highest BCUT2D eigenvalue weighted by Crippen LogP contribution is 2.21. The van der Waals surface area contributed by atoms with E-state index in [0.717, 1.165) is 32.5 Å². The summed E-state index contributed by atoms with van der Waals surface area (Å²) in [5.74, 6) is 0. The molecule has 0 aromatic heterocycles. The maximum atomic E-state index is 12.0. The van der Waals surface area contributed by atoms with E-state index < -0.39 is 0 Å². The Hall–Kier alpha value is -1.07. The molecule has 0 aromatic rings. The number of hydrogen-bond acceptors (Lipinski definition) is 3. The average molecular weight is 325 g/mol. The first-order valence-corrected chi connectivity index (χ1v) is 8.76. The lowest BCUT2D eigenvalue weighted by atomic mass is 9.87. The Morgan fingerprint density at radius 2 is 1.96 bits per heavy atom. The minimum Gasteiger partial charge on any atom is -0.393 e. The molecule has 134 valence electrons. The van der Waals surface area contributed by atoms with Crippen molar-refractivity contribution in [1.29, 1.82) is 0 Å². The molecule has 0 saturated carbocycles. The van der Waals surface area contributed by atoms with Crippen molar-refractivity contribution >= 4 is 6.03 Å². The maximum Gasteiger partial charge on any atom is 0.315 e. The zero-order chi connectivity index (χ0) is 17.5. The topological polar surface area (TPSA) is 64.6 Å². The van der Waals surface area contributed by atoms with Crippen LogP contribution in [0.15, 0.2) is 11.6 Å². The molecule has 1 heterocycles. The number of allylic oxidation sites excluding steroid dienone is 1. The molecule has 2 amide bonds. The molecule has 3 N–H and O–H groups in total. The van der Waals surface area contributed by atoms with Gasteiger partial charge in [-0.2, -0.15) is 0 Å². The Morgan fingerprint density at radius 1 is 1.35 bits per heavy atom. The van der Waals surface area contributed by atoms with E-state index in [4.69, 9.17) is 0 Å². The molecule has 0 spiro atoms. The van der Waals surface area contributed by atoms with E-state index in [1.807, 2.05) is 0 Å². The van der Waals surface area contributed by atoms with E-state index in [-0.39, 0.29) is 23.6 Å². The number of carbonyl (C=O) groups is 1. The molecule has 1 unspecified atom stereocenters. The fraction of sp³-hybridized carbons (Fsp3) is 0.833. The van der Waals surface area contributed by atoms with Gasteiger partial charge in [0, 0.05) is 32.2 Å². The van der Waals surface area contributed by atoms with Gasteiger partial charge in [0.2, 0.25) is 0 Å². The van der Waals surface area contributed by atoms with Crippen molar-refractivity contribution in [3.63, 3.8) is 0 Å². The number of likely N-dealkylation sites (tertiary alicyclic amines) is 1. The Balaban J connectivity index is 2.25. The molecular weight excluding hydrogens is 290 g/mol. The lowest BCUT2D eigenvalue weighted by Crippen LogP contribution is -2.49. The molecule has 0 aliphatic carbocycles. The van der Waals surface area contributed by atoms with Gasteiger partial charge in [-0.05, 0) is 45.4 Å². The van der Waals surface area contributed by atoms with Crippen molar-refractivity contribution in [2.45, 2.75) is 66.0 Å². The number of rotatable bonds is 7. The first kappa shape index (κ1) is 20.0. The van der Waals surface area contributed by atoms with E-state index in [2.05, 4.69) is 49.3 Å². The van der Waals surface area contributed by atoms with E-state index >= 15 is 0 Å². The molecule has 5 nitrogen and oxygen atoms in total. The summed E-state index contributed by atoms with van der Waals surface area (Å²) in [6.07, 6.45) is 4.59. The van der Waals surface area contributed by atoms with E-state index in [9.17, 15) is 9.90 Å². The maximum absolute atomic E-state index is 12.0. The summed E-state index contributed by atoms with van der Waals surface area (Å²) in [5.41, 5.74) is 1.25. The molecule has 1 fully saturated rings.